The molecule has 0 unspecified atom stereocenters. The number of nitrogens with zero attached hydrogens (tertiary/aromatic N) is 1. The Morgan fingerprint density at radius 3 is 2.57 bits per heavy atom. The quantitative estimate of drug-likeness (QED) is 0.830. The van der Waals surface area contributed by atoms with E-state index >= 15 is 0 Å². The van der Waals surface area contributed by atoms with Crippen molar-refractivity contribution in [2.24, 2.45) is 0 Å². The molecule has 0 aromatic heterocycles. The Morgan fingerprint density at radius 2 is 1.95 bits per heavy atom. The molecular formula is C17H24ClNO2. The average molecular weight is 310 g/mol. The van der Waals surface area contributed by atoms with Gasteiger partial charge in [0.05, 0.1) is 12.6 Å². The molecule has 4 heteroatoms. The first-order valence-electron chi connectivity index (χ1n) is 7.56. The minimum Gasteiger partial charge on any atom is -0.496 e. The Labute approximate surface area is 132 Å². The molecule has 0 saturated carbocycles. The third-order valence-corrected chi connectivity index (χ3v) is 4.66. The molecule has 21 heavy (non-hydrogen) atoms. The Morgan fingerprint density at radius 1 is 1.29 bits per heavy atom. The Hall–Kier alpha value is -1.06. The van der Waals surface area contributed by atoms with E-state index in [-0.39, 0.29) is 5.78 Å². The highest BCUT2D eigenvalue weighted by Crippen LogP contribution is 2.27. The van der Waals surface area contributed by atoms with Crippen LogP contribution in [0.3, 0.4) is 0 Å². The molecule has 3 nitrogen and oxygen atoms in total. The molecule has 0 spiro atoms. The van der Waals surface area contributed by atoms with Gasteiger partial charge in [0.25, 0.3) is 0 Å². The molecule has 1 aromatic rings. The van der Waals surface area contributed by atoms with E-state index in [1.165, 1.54) is 19.3 Å². The van der Waals surface area contributed by atoms with Gasteiger partial charge >= 0.3 is 0 Å². The number of benzene rings is 1. The lowest BCUT2D eigenvalue weighted by molar-refractivity contribution is -0.129. The molecule has 0 N–H and O–H groups in total. The van der Waals surface area contributed by atoms with Crippen molar-refractivity contribution in [2.45, 2.75) is 45.1 Å². The molecule has 1 saturated heterocycles. The van der Waals surface area contributed by atoms with Gasteiger partial charge in [-0.2, -0.15) is 0 Å². The molecule has 0 aliphatic carbocycles. The maximum Gasteiger partial charge on any atom is 0.157 e. The smallest absolute Gasteiger partial charge is 0.157 e. The van der Waals surface area contributed by atoms with Crippen LogP contribution in [0.5, 0.6) is 5.75 Å². The van der Waals surface area contributed by atoms with Gasteiger partial charge < -0.3 is 4.74 Å². The van der Waals surface area contributed by atoms with Crippen LogP contribution in [0.4, 0.5) is 0 Å². The maximum absolute atomic E-state index is 12.8. The summed E-state index contributed by atoms with van der Waals surface area (Å²) in [4.78, 5) is 15.1. The monoisotopic (exact) mass is 309 g/mol. The number of piperidine rings is 1. The number of rotatable bonds is 5. The predicted octanol–water partition coefficient (Wildman–Crippen LogP) is 3.72. The lowest BCUT2D eigenvalue weighted by Gasteiger charge is -2.39. The first-order chi connectivity index (χ1) is 9.95. The molecule has 1 aromatic carbocycles. The first kappa shape index (κ1) is 16.3. The van der Waals surface area contributed by atoms with Crippen molar-refractivity contribution < 1.29 is 9.53 Å². The number of ketones is 1. The van der Waals surface area contributed by atoms with Crippen LogP contribution in [0.2, 0.25) is 5.02 Å². The standard InChI is InChI=1S/C17H24ClNO2/c1-17(2,19-9-5-4-6-10-19)16(20)12-13-11-14(18)7-8-15(13)21-3/h7-8,11H,4-6,9-10,12H2,1-3H3. The molecule has 0 amide bonds. The number of likely N-dealkylation sites (tertiary alicyclic amines) is 1. The summed E-state index contributed by atoms with van der Waals surface area (Å²) >= 11 is 6.04. The van der Waals surface area contributed by atoms with Crippen molar-refractivity contribution in [2.75, 3.05) is 20.2 Å². The number of methoxy groups -OCH3 is 1. The van der Waals surface area contributed by atoms with Crippen molar-refractivity contribution in [1.29, 1.82) is 0 Å². The molecule has 0 bridgehead atoms. The molecule has 1 aliphatic rings. The van der Waals surface area contributed by atoms with E-state index in [1.54, 1.807) is 13.2 Å². The average Bonchev–Trinajstić information content (AvgIpc) is 2.48. The largest absolute Gasteiger partial charge is 0.496 e. The molecule has 0 radical (unpaired) electrons. The second kappa shape index (κ2) is 6.80. The third-order valence-electron chi connectivity index (χ3n) is 4.42. The zero-order valence-corrected chi connectivity index (χ0v) is 13.9. The van der Waals surface area contributed by atoms with E-state index in [1.807, 2.05) is 26.0 Å². The second-order valence-corrected chi connectivity index (χ2v) is 6.60. The van der Waals surface area contributed by atoms with Gasteiger partial charge in [-0.1, -0.05) is 18.0 Å². The Bertz CT molecular complexity index is 508. The van der Waals surface area contributed by atoms with Crippen molar-refractivity contribution in [3.8, 4) is 5.75 Å². The summed E-state index contributed by atoms with van der Waals surface area (Å²) in [7, 11) is 1.62. The summed E-state index contributed by atoms with van der Waals surface area (Å²) in [5.74, 6) is 0.937. The van der Waals surface area contributed by atoms with Crippen molar-refractivity contribution >= 4 is 17.4 Å². The third kappa shape index (κ3) is 3.78. The van der Waals surface area contributed by atoms with Crippen molar-refractivity contribution in [3.63, 3.8) is 0 Å². The maximum atomic E-state index is 12.8. The molecule has 1 fully saturated rings. The molecule has 116 valence electrons. The molecule has 0 atom stereocenters. The highest BCUT2D eigenvalue weighted by atomic mass is 35.5. The lowest BCUT2D eigenvalue weighted by atomic mass is 9.89. The van der Waals surface area contributed by atoms with Crippen LogP contribution in [-0.4, -0.2) is 36.4 Å². The Kier molecular flexibility index (Phi) is 5.28. The minimum atomic E-state index is -0.437. The van der Waals surface area contributed by atoms with Crippen LogP contribution in [0.25, 0.3) is 0 Å². The van der Waals surface area contributed by atoms with Gasteiger partial charge in [-0.25, -0.2) is 0 Å². The summed E-state index contributed by atoms with van der Waals surface area (Å²) in [6, 6.07) is 5.42. The van der Waals surface area contributed by atoms with E-state index in [4.69, 9.17) is 16.3 Å². The molecule has 1 aliphatic heterocycles. The number of hydrogen-bond acceptors (Lipinski definition) is 3. The molecule has 1 heterocycles. The molecular weight excluding hydrogens is 286 g/mol. The van der Waals surface area contributed by atoms with Crippen LogP contribution in [0, 0.1) is 0 Å². The number of Topliss-reactive ketones (excluding diaryl/α,β-unsaturated/α-hetero) is 1. The number of halogens is 1. The summed E-state index contributed by atoms with van der Waals surface area (Å²) in [6.45, 7) is 6.06. The van der Waals surface area contributed by atoms with E-state index in [0.29, 0.717) is 11.4 Å². The van der Waals surface area contributed by atoms with Crippen LogP contribution < -0.4 is 4.74 Å². The van der Waals surface area contributed by atoms with E-state index in [0.717, 1.165) is 24.4 Å². The highest BCUT2D eigenvalue weighted by molar-refractivity contribution is 6.30. The van der Waals surface area contributed by atoms with Crippen molar-refractivity contribution in [1.82, 2.24) is 4.90 Å². The normalized spacial score (nSPS) is 16.8. The van der Waals surface area contributed by atoms with Gasteiger partial charge in [0.2, 0.25) is 0 Å². The zero-order chi connectivity index (χ0) is 15.5. The van der Waals surface area contributed by atoms with Gasteiger partial charge in [-0.05, 0) is 58.0 Å². The number of ether oxygens (including phenoxy) is 1. The molecule has 2 rings (SSSR count). The first-order valence-corrected chi connectivity index (χ1v) is 7.93. The number of hydrogen-bond donors (Lipinski definition) is 0. The van der Waals surface area contributed by atoms with Crippen LogP contribution >= 0.6 is 11.6 Å². The summed E-state index contributed by atoms with van der Waals surface area (Å²) in [5.41, 5.74) is 0.424. The van der Waals surface area contributed by atoms with E-state index in [2.05, 4.69) is 4.90 Å². The van der Waals surface area contributed by atoms with Crippen molar-refractivity contribution in [3.05, 3.63) is 28.8 Å². The van der Waals surface area contributed by atoms with Crippen LogP contribution in [0.15, 0.2) is 18.2 Å². The van der Waals surface area contributed by atoms with Gasteiger partial charge in [0, 0.05) is 17.0 Å². The topological polar surface area (TPSA) is 29.5 Å². The predicted molar refractivity (Wildman–Crippen MR) is 86.2 cm³/mol. The summed E-state index contributed by atoms with van der Waals surface area (Å²) in [5, 5.41) is 0.634. The Balaban J connectivity index is 2.14. The van der Waals surface area contributed by atoms with Crippen LogP contribution in [-0.2, 0) is 11.2 Å². The number of carbonyl (C=O) groups is 1. The van der Waals surface area contributed by atoms with Gasteiger partial charge in [-0.3, -0.25) is 9.69 Å². The highest BCUT2D eigenvalue weighted by Gasteiger charge is 2.35. The number of carbonyl (C=O) groups excluding carboxylic acids is 1. The fourth-order valence-electron chi connectivity index (χ4n) is 2.90. The van der Waals surface area contributed by atoms with Crippen LogP contribution in [0.1, 0.15) is 38.7 Å². The SMILES string of the molecule is COc1ccc(Cl)cc1CC(=O)C(C)(C)N1CCCCC1. The summed E-state index contributed by atoms with van der Waals surface area (Å²) < 4.78 is 5.33. The summed E-state index contributed by atoms with van der Waals surface area (Å²) in [6.07, 6.45) is 3.98. The lowest BCUT2D eigenvalue weighted by Crippen LogP contribution is -2.52. The van der Waals surface area contributed by atoms with Gasteiger partial charge in [0.1, 0.15) is 5.75 Å². The van der Waals surface area contributed by atoms with Gasteiger partial charge in [0.15, 0.2) is 5.78 Å². The fraction of sp³-hybridized carbons (Fsp3) is 0.588. The minimum absolute atomic E-state index is 0.213. The van der Waals surface area contributed by atoms with E-state index in [9.17, 15) is 4.79 Å². The fourth-order valence-corrected chi connectivity index (χ4v) is 3.10. The van der Waals surface area contributed by atoms with E-state index < -0.39 is 5.54 Å². The van der Waals surface area contributed by atoms with Gasteiger partial charge in [-0.15, -0.1) is 0 Å². The second-order valence-electron chi connectivity index (χ2n) is 6.16. The zero-order valence-electron chi connectivity index (χ0n) is 13.1.